The maximum atomic E-state index is 12.4. The Morgan fingerprint density at radius 1 is 1.23 bits per heavy atom. The van der Waals surface area contributed by atoms with E-state index in [2.05, 4.69) is 4.98 Å². The molecule has 0 bridgehead atoms. The Bertz CT molecular complexity index is 702. The number of rotatable bonds is 4. The number of aryl methyl sites for hydroxylation is 2. The minimum atomic E-state index is -0.269. The van der Waals surface area contributed by atoms with Gasteiger partial charge in [0.2, 0.25) is 0 Å². The van der Waals surface area contributed by atoms with Crippen LogP contribution in [0.2, 0.25) is 0 Å². The number of aromatic nitrogens is 1. The minimum absolute atomic E-state index is 0.201. The molecule has 0 fully saturated rings. The van der Waals surface area contributed by atoms with E-state index in [-0.39, 0.29) is 16.8 Å². The fourth-order valence-corrected chi connectivity index (χ4v) is 2.11. The molecule has 22 heavy (non-hydrogen) atoms. The molecule has 0 saturated heterocycles. The summed E-state index contributed by atoms with van der Waals surface area (Å²) >= 11 is 0. The first-order chi connectivity index (χ1) is 10.6. The van der Waals surface area contributed by atoms with Gasteiger partial charge in [-0.25, -0.2) is 0 Å². The first-order valence-corrected chi connectivity index (χ1v) is 6.77. The molecule has 5 heteroatoms. The zero-order valence-electron chi connectivity index (χ0n) is 12.9. The van der Waals surface area contributed by atoms with Crippen LogP contribution in [0, 0.1) is 6.92 Å². The summed E-state index contributed by atoms with van der Waals surface area (Å²) in [5.74, 6) is 0.405. The fourth-order valence-electron chi connectivity index (χ4n) is 2.11. The molecule has 0 radical (unpaired) electrons. The average Bonchev–Trinajstić information content (AvgIpc) is 2.55. The lowest BCUT2D eigenvalue weighted by molar-refractivity contribution is -0.0980. The third kappa shape index (κ3) is 3.69. The summed E-state index contributed by atoms with van der Waals surface area (Å²) in [4.78, 5) is 35.6. The van der Waals surface area contributed by atoms with Crippen LogP contribution < -0.4 is 10.2 Å². The molecule has 2 aromatic rings. The number of pyridine rings is 1. The third-order valence-electron chi connectivity index (χ3n) is 3.23. The molecule has 116 valence electrons. The van der Waals surface area contributed by atoms with Crippen molar-refractivity contribution in [3.05, 3.63) is 63.1 Å². The van der Waals surface area contributed by atoms with E-state index in [0.29, 0.717) is 17.0 Å². The van der Waals surface area contributed by atoms with Gasteiger partial charge in [0.05, 0.1) is 12.7 Å². The van der Waals surface area contributed by atoms with Crippen molar-refractivity contribution in [3.63, 3.8) is 0 Å². The Labute approximate surface area is 129 Å². The van der Waals surface area contributed by atoms with Gasteiger partial charge in [0.1, 0.15) is 12.5 Å². The lowest BCUT2D eigenvalue weighted by atomic mass is 10.0. The largest absolute Gasteiger partial charge is 0.497 e. The van der Waals surface area contributed by atoms with Crippen LogP contribution in [-0.4, -0.2) is 24.7 Å². The molecule has 2 rings (SSSR count). The molecule has 1 aromatic heterocycles. The maximum absolute atomic E-state index is 12.4. The van der Waals surface area contributed by atoms with E-state index in [1.54, 1.807) is 38.3 Å². The van der Waals surface area contributed by atoms with Crippen LogP contribution in [0.3, 0.4) is 0 Å². The minimum Gasteiger partial charge on any atom is -0.497 e. The van der Waals surface area contributed by atoms with Crippen molar-refractivity contribution in [1.82, 2.24) is 4.98 Å². The first-order valence-electron chi connectivity index (χ1n) is 6.77. The number of hydrogen-bond donors (Lipinski definition) is 1. The van der Waals surface area contributed by atoms with Gasteiger partial charge in [-0.3, -0.25) is 9.59 Å². The Balaban J connectivity index is 0.00000116. The van der Waals surface area contributed by atoms with Gasteiger partial charge >= 0.3 is 0 Å². The number of ether oxygens (including phenoxy) is 1. The van der Waals surface area contributed by atoms with Gasteiger partial charge in [0.25, 0.3) is 0 Å². The Kier molecular flexibility index (Phi) is 6.25. The summed E-state index contributed by atoms with van der Waals surface area (Å²) in [5.41, 5.74) is 1.88. The second-order valence-corrected chi connectivity index (χ2v) is 4.57. The van der Waals surface area contributed by atoms with Gasteiger partial charge in [-0.2, -0.15) is 0 Å². The second-order valence-electron chi connectivity index (χ2n) is 4.57. The summed E-state index contributed by atoms with van der Waals surface area (Å²) in [5, 5.41) is 0. The highest BCUT2D eigenvalue weighted by atomic mass is 16.5. The van der Waals surface area contributed by atoms with E-state index in [1.165, 1.54) is 6.07 Å². The van der Waals surface area contributed by atoms with Gasteiger partial charge < -0.3 is 14.5 Å². The first kappa shape index (κ1) is 17.4. The summed E-state index contributed by atoms with van der Waals surface area (Å²) < 4.78 is 5.05. The average molecular weight is 301 g/mol. The molecule has 1 N–H and O–H groups in total. The Morgan fingerprint density at radius 3 is 2.27 bits per heavy atom. The van der Waals surface area contributed by atoms with Crippen LogP contribution >= 0.6 is 0 Å². The Hall–Kier alpha value is -2.69. The molecule has 1 aromatic carbocycles. The van der Waals surface area contributed by atoms with Crippen molar-refractivity contribution in [1.29, 1.82) is 0 Å². The summed E-state index contributed by atoms with van der Waals surface area (Å²) in [6.07, 6.45) is 0.729. The zero-order valence-corrected chi connectivity index (χ0v) is 12.9. The quantitative estimate of drug-likeness (QED) is 0.879. The lowest BCUT2D eigenvalue weighted by Crippen LogP contribution is -2.19. The van der Waals surface area contributed by atoms with Crippen molar-refractivity contribution in [2.45, 2.75) is 20.3 Å². The van der Waals surface area contributed by atoms with Crippen LogP contribution in [0.5, 0.6) is 5.75 Å². The van der Waals surface area contributed by atoms with Gasteiger partial charge in [-0.1, -0.05) is 6.92 Å². The van der Waals surface area contributed by atoms with Crippen molar-refractivity contribution >= 4 is 12.6 Å². The summed E-state index contributed by atoms with van der Waals surface area (Å²) in [7, 11) is 1.56. The van der Waals surface area contributed by atoms with Crippen molar-refractivity contribution < 1.29 is 14.3 Å². The van der Waals surface area contributed by atoms with Crippen LogP contribution in [0.1, 0.15) is 34.2 Å². The molecule has 5 nitrogen and oxygen atoms in total. The number of hydrogen-bond acceptors (Lipinski definition) is 4. The predicted octanol–water partition coefficient (Wildman–Crippen LogP) is 2.30. The van der Waals surface area contributed by atoms with Gasteiger partial charge in [-0.05, 0) is 37.6 Å². The molecule has 0 aliphatic rings. The smallest absolute Gasteiger partial charge is 0.198 e. The number of carbonyl (C=O) groups is 2. The topological polar surface area (TPSA) is 76.2 Å². The third-order valence-corrected chi connectivity index (χ3v) is 3.23. The molecule has 0 spiro atoms. The maximum Gasteiger partial charge on any atom is 0.198 e. The normalized spacial score (nSPS) is 9.59. The highest BCUT2D eigenvalue weighted by molar-refractivity contribution is 6.09. The molecule has 0 aliphatic carbocycles. The predicted molar refractivity (Wildman–Crippen MR) is 84.7 cm³/mol. The van der Waals surface area contributed by atoms with Gasteiger partial charge in [-0.15, -0.1) is 0 Å². The van der Waals surface area contributed by atoms with Gasteiger partial charge in [0.15, 0.2) is 11.2 Å². The Morgan fingerprint density at radius 2 is 1.82 bits per heavy atom. The van der Waals surface area contributed by atoms with E-state index < -0.39 is 0 Å². The molecule has 0 amide bonds. The number of benzene rings is 1. The van der Waals surface area contributed by atoms with Crippen LogP contribution in [0.15, 0.2) is 35.1 Å². The van der Waals surface area contributed by atoms with Crippen LogP contribution in [0.25, 0.3) is 0 Å². The standard InChI is InChI=1S/C16H17NO3.CH2O/c1-4-12-9-14(18)15(10(2)17-12)16(19)11-5-7-13(20-3)8-6-11;1-2/h5-9H,4H2,1-3H3,(H,17,18);1H2. The second kappa shape index (κ2) is 7.93. The number of H-pyrrole nitrogens is 1. The highest BCUT2D eigenvalue weighted by Crippen LogP contribution is 2.15. The molecule has 1 heterocycles. The van der Waals surface area contributed by atoms with Crippen molar-refractivity contribution in [3.8, 4) is 5.75 Å². The van der Waals surface area contributed by atoms with E-state index in [0.717, 1.165) is 12.1 Å². The summed E-state index contributed by atoms with van der Waals surface area (Å²) in [6.45, 7) is 5.70. The monoisotopic (exact) mass is 301 g/mol. The van der Waals surface area contributed by atoms with Crippen molar-refractivity contribution in [2.75, 3.05) is 7.11 Å². The molecular formula is C17H19NO4. The highest BCUT2D eigenvalue weighted by Gasteiger charge is 2.16. The molecule has 0 saturated carbocycles. The molecule has 0 unspecified atom stereocenters. The van der Waals surface area contributed by atoms with Crippen LogP contribution in [0.4, 0.5) is 0 Å². The number of carbonyl (C=O) groups excluding carboxylic acids is 2. The van der Waals surface area contributed by atoms with E-state index in [9.17, 15) is 9.59 Å². The molecular weight excluding hydrogens is 282 g/mol. The molecule has 0 atom stereocenters. The summed E-state index contributed by atoms with van der Waals surface area (Å²) in [6, 6.07) is 8.22. The lowest BCUT2D eigenvalue weighted by Gasteiger charge is -2.07. The molecule has 0 aliphatic heterocycles. The zero-order chi connectivity index (χ0) is 16.7. The number of nitrogens with one attached hydrogen (secondary N) is 1. The van der Waals surface area contributed by atoms with Gasteiger partial charge in [0, 0.05) is 23.0 Å². The number of ketones is 1. The fraction of sp³-hybridized carbons (Fsp3) is 0.235. The number of aromatic amines is 1. The van der Waals surface area contributed by atoms with E-state index >= 15 is 0 Å². The van der Waals surface area contributed by atoms with E-state index in [4.69, 9.17) is 9.53 Å². The van der Waals surface area contributed by atoms with Crippen LogP contribution in [-0.2, 0) is 11.2 Å². The van der Waals surface area contributed by atoms with Crippen molar-refractivity contribution in [2.24, 2.45) is 0 Å². The SMILES string of the molecule is C=O.CCc1cc(=O)c(C(=O)c2ccc(OC)cc2)c(C)[nH]1. The number of methoxy groups -OCH3 is 1. The van der Waals surface area contributed by atoms with E-state index in [1.807, 2.05) is 13.7 Å².